The Balaban J connectivity index is 1.54. The van der Waals surface area contributed by atoms with E-state index < -0.39 is 5.91 Å². The largest absolute Gasteiger partial charge is 0.496 e. The van der Waals surface area contributed by atoms with Gasteiger partial charge in [0, 0.05) is 25.2 Å². The second-order valence-corrected chi connectivity index (χ2v) is 8.54. The molecule has 2 aliphatic heterocycles. The minimum absolute atomic E-state index is 0.0286. The number of benzene rings is 1. The molecule has 0 saturated carbocycles. The summed E-state index contributed by atoms with van der Waals surface area (Å²) < 4.78 is 13.1. The summed E-state index contributed by atoms with van der Waals surface area (Å²) >= 11 is 0. The molecule has 33 heavy (non-hydrogen) atoms. The van der Waals surface area contributed by atoms with Gasteiger partial charge >= 0.3 is 0 Å². The summed E-state index contributed by atoms with van der Waals surface area (Å²) in [4.78, 5) is 26.3. The van der Waals surface area contributed by atoms with Gasteiger partial charge in [-0.25, -0.2) is 4.68 Å². The van der Waals surface area contributed by atoms with Crippen LogP contribution in [0, 0.1) is 5.92 Å². The first-order valence-corrected chi connectivity index (χ1v) is 11.1. The van der Waals surface area contributed by atoms with Gasteiger partial charge in [0.05, 0.1) is 24.8 Å². The number of hydrogen-bond acceptors (Lipinski definition) is 6. The summed E-state index contributed by atoms with van der Waals surface area (Å²) in [6.45, 7) is 5.70. The molecule has 1 atom stereocenters. The number of hydrogen-bond donors (Lipinski definition) is 2. The molecule has 3 N–H and O–H groups in total. The van der Waals surface area contributed by atoms with Crippen molar-refractivity contribution in [1.82, 2.24) is 14.7 Å². The summed E-state index contributed by atoms with van der Waals surface area (Å²) in [6.07, 6.45) is 5.60. The average molecular weight is 450 g/mol. The van der Waals surface area contributed by atoms with Crippen LogP contribution in [0.4, 0.5) is 5.82 Å². The van der Waals surface area contributed by atoms with Crippen molar-refractivity contribution in [3.05, 3.63) is 42.7 Å². The first-order valence-electron chi connectivity index (χ1n) is 11.1. The Morgan fingerprint density at radius 1 is 1.30 bits per heavy atom. The van der Waals surface area contributed by atoms with Crippen molar-refractivity contribution in [1.29, 1.82) is 0 Å². The van der Waals surface area contributed by atoms with Gasteiger partial charge in [0.15, 0.2) is 0 Å². The molecule has 1 unspecified atom stereocenters. The van der Waals surface area contributed by atoms with E-state index in [0.717, 1.165) is 31.2 Å². The standard InChI is InChI=1S/C24H27N5O4/c1-3-20(30)28-9-5-14(6-10-28)17-4-8-26-24-21(23(25)31)22(27-29(17)24)15-12-18(32-2)16-7-11-33-19(16)13-15/h3,7,11-14,17,26H,1,4-6,8-10H2,2H3,(H2,25,31). The summed E-state index contributed by atoms with van der Waals surface area (Å²) in [5.74, 6) is 1.07. The highest BCUT2D eigenvalue weighted by Gasteiger charge is 2.35. The van der Waals surface area contributed by atoms with Crippen molar-refractivity contribution < 1.29 is 18.7 Å². The Morgan fingerprint density at radius 3 is 2.79 bits per heavy atom. The highest BCUT2D eigenvalue weighted by molar-refractivity contribution is 6.04. The minimum atomic E-state index is -0.538. The normalized spacial score (nSPS) is 18.6. The SMILES string of the molecule is C=CC(=O)N1CCC(C2CCNc3c(C(N)=O)c(-c4cc(OC)c5ccoc5c4)nn32)CC1. The number of methoxy groups -OCH3 is 1. The molecule has 2 aromatic heterocycles. The first-order chi connectivity index (χ1) is 16.0. The molecule has 172 valence electrons. The first kappa shape index (κ1) is 21.1. The molecule has 1 saturated heterocycles. The summed E-state index contributed by atoms with van der Waals surface area (Å²) in [6, 6.07) is 5.66. The van der Waals surface area contributed by atoms with Crippen molar-refractivity contribution in [2.24, 2.45) is 11.7 Å². The Labute approximate surface area is 191 Å². The van der Waals surface area contributed by atoms with Crippen LogP contribution in [0.1, 0.15) is 35.7 Å². The quantitative estimate of drug-likeness (QED) is 0.578. The van der Waals surface area contributed by atoms with E-state index in [2.05, 4.69) is 11.9 Å². The highest BCUT2D eigenvalue weighted by Crippen LogP contribution is 2.41. The van der Waals surface area contributed by atoms with E-state index in [1.165, 1.54) is 6.08 Å². The number of primary amides is 1. The Kier molecular flexibility index (Phi) is 5.32. The monoisotopic (exact) mass is 449 g/mol. The molecule has 0 bridgehead atoms. The number of nitrogens with one attached hydrogen (secondary N) is 1. The molecule has 5 rings (SSSR count). The second kappa shape index (κ2) is 8.31. The van der Waals surface area contributed by atoms with Gasteiger partial charge in [0.2, 0.25) is 5.91 Å². The molecule has 3 aromatic rings. The van der Waals surface area contributed by atoms with Gasteiger partial charge in [-0.15, -0.1) is 0 Å². The number of nitrogens with two attached hydrogens (primary N) is 1. The van der Waals surface area contributed by atoms with Crippen LogP contribution >= 0.6 is 0 Å². The maximum atomic E-state index is 12.6. The van der Waals surface area contributed by atoms with Gasteiger partial charge < -0.3 is 25.1 Å². The molecule has 0 radical (unpaired) electrons. The molecule has 2 aliphatic rings. The number of carbonyl (C=O) groups is 2. The van der Waals surface area contributed by atoms with Crippen molar-refractivity contribution >= 4 is 28.6 Å². The number of fused-ring (bicyclic) bond motifs is 2. The number of anilines is 1. The molecule has 1 aromatic carbocycles. The Bertz CT molecular complexity index is 1240. The van der Waals surface area contributed by atoms with Gasteiger partial charge in [0.25, 0.3) is 5.91 Å². The van der Waals surface area contributed by atoms with Gasteiger partial charge in [-0.3, -0.25) is 9.59 Å². The third-order valence-electron chi connectivity index (χ3n) is 6.80. The topological polar surface area (TPSA) is 116 Å². The zero-order chi connectivity index (χ0) is 23.1. The van der Waals surface area contributed by atoms with Crippen LogP contribution < -0.4 is 15.8 Å². The maximum absolute atomic E-state index is 12.6. The molecule has 9 nitrogen and oxygen atoms in total. The van der Waals surface area contributed by atoms with Gasteiger partial charge in [0.1, 0.15) is 28.4 Å². The van der Waals surface area contributed by atoms with E-state index in [9.17, 15) is 9.59 Å². The number of carbonyl (C=O) groups excluding carboxylic acids is 2. The zero-order valence-electron chi connectivity index (χ0n) is 18.5. The van der Waals surface area contributed by atoms with E-state index in [-0.39, 0.29) is 11.9 Å². The number of piperidine rings is 1. The molecule has 0 aliphatic carbocycles. The Hall–Kier alpha value is -3.75. The lowest BCUT2D eigenvalue weighted by atomic mass is 9.87. The van der Waals surface area contributed by atoms with E-state index in [1.54, 1.807) is 13.4 Å². The fourth-order valence-electron chi connectivity index (χ4n) is 5.15. The van der Waals surface area contributed by atoms with E-state index in [4.69, 9.17) is 20.0 Å². The lowest BCUT2D eigenvalue weighted by Crippen LogP contribution is -2.41. The number of furan rings is 1. The molecular formula is C24H27N5O4. The van der Waals surface area contributed by atoms with Crippen LogP contribution in [0.3, 0.4) is 0 Å². The smallest absolute Gasteiger partial charge is 0.254 e. The van der Waals surface area contributed by atoms with Crippen LogP contribution in [0.2, 0.25) is 0 Å². The summed E-state index contributed by atoms with van der Waals surface area (Å²) in [5.41, 5.74) is 8.06. The van der Waals surface area contributed by atoms with Crippen molar-refractivity contribution in [3.63, 3.8) is 0 Å². The lowest BCUT2D eigenvalue weighted by molar-refractivity contribution is -0.127. The van der Waals surface area contributed by atoms with Crippen LogP contribution in [-0.4, -0.2) is 53.2 Å². The van der Waals surface area contributed by atoms with Crippen LogP contribution in [0.15, 0.2) is 41.5 Å². The lowest BCUT2D eigenvalue weighted by Gasteiger charge is -2.38. The fraction of sp³-hybridized carbons (Fsp3) is 0.375. The van der Waals surface area contributed by atoms with Crippen molar-refractivity contribution in [2.45, 2.75) is 25.3 Å². The highest BCUT2D eigenvalue weighted by atomic mass is 16.5. The molecular weight excluding hydrogens is 422 g/mol. The van der Waals surface area contributed by atoms with Crippen LogP contribution in [0.25, 0.3) is 22.2 Å². The molecule has 1 fully saturated rings. The van der Waals surface area contributed by atoms with Crippen molar-refractivity contribution in [2.75, 3.05) is 32.1 Å². The van der Waals surface area contributed by atoms with Gasteiger partial charge in [-0.05, 0) is 49.5 Å². The second-order valence-electron chi connectivity index (χ2n) is 8.54. The third kappa shape index (κ3) is 3.53. The zero-order valence-corrected chi connectivity index (χ0v) is 18.5. The number of amides is 2. The summed E-state index contributed by atoms with van der Waals surface area (Å²) in [5, 5.41) is 9.08. The van der Waals surface area contributed by atoms with Crippen LogP contribution in [0.5, 0.6) is 5.75 Å². The molecule has 9 heteroatoms. The molecule has 2 amide bonds. The van der Waals surface area contributed by atoms with Crippen molar-refractivity contribution in [3.8, 4) is 17.0 Å². The predicted octanol–water partition coefficient (Wildman–Crippen LogP) is 3.19. The maximum Gasteiger partial charge on any atom is 0.254 e. The number of nitrogens with zero attached hydrogens (tertiary/aromatic N) is 3. The third-order valence-corrected chi connectivity index (χ3v) is 6.80. The van der Waals surface area contributed by atoms with Gasteiger partial charge in [-0.2, -0.15) is 5.10 Å². The predicted molar refractivity (Wildman–Crippen MR) is 124 cm³/mol. The van der Waals surface area contributed by atoms with E-state index in [1.807, 2.05) is 27.8 Å². The van der Waals surface area contributed by atoms with E-state index in [0.29, 0.717) is 53.0 Å². The van der Waals surface area contributed by atoms with Gasteiger partial charge in [-0.1, -0.05) is 6.58 Å². The summed E-state index contributed by atoms with van der Waals surface area (Å²) in [7, 11) is 1.60. The number of aromatic nitrogens is 2. The average Bonchev–Trinajstić information content (AvgIpc) is 3.47. The Morgan fingerprint density at radius 2 is 2.09 bits per heavy atom. The number of likely N-dealkylation sites (tertiary alicyclic amines) is 1. The number of rotatable bonds is 5. The van der Waals surface area contributed by atoms with Crippen LogP contribution in [-0.2, 0) is 4.79 Å². The molecule has 0 spiro atoms. The van der Waals surface area contributed by atoms with E-state index >= 15 is 0 Å². The fourth-order valence-corrected chi connectivity index (χ4v) is 5.15. The molecule has 4 heterocycles. The number of ether oxygens (including phenoxy) is 1. The minimum Gasteiger partial charge on any atom is -0.496 e.